The molecule has 0 fully saturated rings. The zero-order valence-electron chi connectivity index (χ0n) is 14.4. The molecule has 2 N–H and O–H groups in total. The zero-order valence-corrected chi connectivity index (χ0v) is 15.2. The van der Waals surface area contributed by atoms with Crippen molar-refractivity contribution in [3.05, 3.63) is 53.1 Å². The number of nitrogens with zero attached hydrogens (tertiary/aromatic N) is 1. The Morgan fingerprint density at radius 3 is 2.73 bits per heavy atom. The Bertz CT molecular complexity index is 855. The van der Waals surface area contributed by atoms with Crippen LogP contribution in [-0.2, 0) is 9.59 Å². The number of para-hydroxylation sites is 2. The van der Waals surface area contributed by atoms with Crippen molar-refractivity contribution in [1.82, 2.24) is 0 Å². The molecule has 1 aliphatic rings. The van der Waals surface area contributed by atoms with Crippen LogP contribution in [0.15, 0.2) is 42.5 Å². The van der Waals surface area contributed by atoms with Gasteiger partial charge in [0.1, 0.15) is 11.5 Å². The molecule has 136 valence electrons. The lowest BCUT2D eigenvalue weighted by Crippen LogP contribution is -2.52. The highest BCUT2D eigenvalue weighted by molar-refractivity contribution is 6.30. The third kappa shape index (κ3) is 3.60. The van der Waals surface area contributed by atoms with Gasteiger partial charge < -0.3 is 20.1 Å². The van der Waals surface area contributed by atoms with Crippen molar-refractivity contribution in [2.75, 3.05) is 11.4 Å². The molecule has 3 rings (SSSR count). The third-order valence-electron chi connectivity index (χ3n) is 4.15. The van der Waals surface area contributed by atoms with Gasteiger partial charge in [0.15, 0.2) is 12.2 Å². The number of hydrogen-bond donors (Lipinski definition) is 1. The molecule has 2 amide bonds. The first-order chi connectivity index (χ1) is 12.4. The van der Waals surface area contributed by atoms with E-state index < -0.39 is 18.1 Å². The minimum absolute atomic E-state index is 0.0402. The average molecular weight is 375 g/mol. The van der Waals surface area contributed by atoms with Gasteiger partial charge in [-0.2, -0.15) is 0 Å². The predicted octanol–water partition coefficient (Wildman–Crippen LogP) is 2.70. The van der Waals surface area contributed by atoms with Gasteiger partial charge in [0.05, 0.1) is 12.2 Å². The number of anilines is 1. The second kappa shape index (κ2) is 7.25. The number of amides is 2. The Kier molecular flexibility index (Phi) is 5.04. The highest BCUT2D eigenvalue weighted by Gasteiger charge is 2.35. The molecule has 0 aromatic heterocycles. The quantitative estimate of drug-likeness (QED) is 0.892. The monoisotopic (exact) mass is 374 g/mol. The summed E-state index contributed by atoms with van der Waals surface area (Å²) in [6.07, 6.45) is -1.67. The molecule has 2 aromatic rings. The SMILES string of the molecule is Cc1cc(Cl)ccc1O[C@@H](C)C(=O)N1C[C@H](C(N)=O)Oc2ccccc21. The van der Waals surface area contributed by atoms with E-state index in [1.807, 2.05) is 6.92 Å². The minimum Gasteiger partial charge on any atom is -0.481 e. The topological polar surface area (TPSA) is 81.9 Å². The average Bonchev–Trinajstić information content (AvgIpc) is 2.62. The van der Waals surface area contributed by atoms with E-state index in [0.29, 0.717) is 22.2 Å². The highest BCUT2D eigenvalue weighted by Crippen LogP contribution is 2.34. The molecule has 7 heteroatoms. The van der Waals surface area contributed by atoms with Crippen molar-refractivity contribution in [3.63, 3.8) is 0 Å². The molecule has 1 heterocycles. The normalized spacial score (nSPS) is 17.0. The smallest absolute Gasteiger partial charge is 0.268 e. The molecule has 0 saturated heterocycles. The summed E-state index contributed by atoms with van der Waals surface area (Å²) in [7, 11) is 0. The number of hydrogen-bond acceptors (Lipinski definition) is 4. The largest absolute Gasteiger partial charge is 0.481 e. The molecule has 0 saturated carbocycles. The van der Waals surface area contributed by atoms with Crippen LogP contribution in [0.4, 0.5) is 5.69 Å². The Morgan fingerprint density at radius 1 is 1.31 bits per heavy atom. The number of carbonyl (C=O) groups excluding carboxylic acids is 2. The fraction of sp³-hybridized carbons (Fsp3) is 0.263. The van der Waals surface area contributed by atoms with Gasteiger partial charge in [-0.3, -0.25) is 9.59 Å². The number of benzene rings is 2. The lowest BCUT2D eigenvalue weighted by molar-refractivity contribution is -0.127. The number of halogens is 1. The van der Waals surface area contributed by atoms with Crippen LogP contribution in [0.5, 0.6) is 11.5 Å². The Hall–Kier alpha value is -2.73. The highest BCUT2D eigenvalue weighted by atomic mass is 35.5. The first-order valence-corrected chi connectivity index (χ1v) is 8.54. The van der Waals surface area contributed by atoms with E-state index in [-0.39, 0.29) is 12.5 Å². The van der Waals surface area contributed by atoms with Gasteiger partial charge in [0, 0.05) is 5.02 Å². The van der Waals surface area contributed by atoms with E-state index >= 15 is 0 Å². The molecule has 0 aliphatic carbocycles. The molecule has 1 aliphatic heterocycles. The van der Waals surface area contributed by atoms with E-state index in [4.69, 9.17) is 26.8 Å². The Balaban J connectivity index is 1.84. The zero-order chi connectivity index (χ0) is 18.8. The van der Waals surface area contributed by atoms with E-state index in [9.17, 15) is 9.59 Å². The molecule has 0 bridgehead atoms. The van der Waals surface area contributed by atoms with Gasteiger partial charge in [-0.1, -0.05) is 23.7 Å². The van der Waals surface area contributed by atoms with E-state index in [1.165, 1.54) is 4.90 Å². The minimum atomic E-state index is -0.904. The number of rotatable bonds is 4. The summed E-state index contributed by atoms with van der Waals surface area (Å²) >= 11 is 5.95. The molecule has 6 nitrogen and oxygen atoms in total. The Morgan fingerprint density at radius 2 is 2.04 bits per heavy atom. The predicted molar refractivity (Wildman–Crippen MR) is 98.7 cm³/mol. The van der Waals surface area contributed by atoms with Crippen LogP contribution >= 0.6 is 11.6 Å². The molecule has 0 radical (unpaired) electrons. The van der Waals surface area contributed by atoms with Crippen molar-refractivity contribution in [3.8, 4) is 11.5 Å². The maximum Gasteiger partial charge on any atom is 0.268 e. The number of primary amides is 1. The fourth-order valence-corrected chi connectivity index (χ4v) is 3.02. The lowest BCUT2D eigenvalue weighted by atomic mass is 10.1. The molecule has 26 heavy (non-hydrogen) atoms. The first-order valence-electron chi connectivity index (χ1n) is 8.16. The summed E-state index contributed by atoms with van der Waals surface area (Å²) < 4.78 is 11.4. The molecular formula is C19H19ClN2O4. The summed E-state index contributed by atoms with van der Waals surface area (Å²) in [5, 5.41) is 0.597. The molecule has 2 aromatic carbocycles. The Labute approximate surface area is 156 Å². The maximum atomic E-state index is 13.0. The molecule has 2 atom stereocenters. The van der Waals surface area contributed by atoms with Crippen LogP contribution in [-0.4, -0.2) is 30.6 Å². The van der Waals surface area contributed by atoms with Gasteiger partial charge in [0.2, 0.25) is 0 Å². The number of aryl methyl sites for hydroxylation is 1. The van der Waals surface area contributed by atoms with Crippen LogP contribution < -0.4 is 20.1 Å². The van der Waals surface area contributed by atoms with Crippen LogP contribution in [0.1, 0.15) is 12.5 Å². The van der Waals surface area contributed by atoms with Crippen molar-refractivity contribution in [1.29, 1.82) is 0 Å². The van der Waals surface area contributed by atoms with Crippen LogP contribution in [0.3, 0.4) is 0 Å². The lowest BCUT2D eigenvalue weighted by Gasteiger charge is -2.34. The molecule has 0 spiro atoms. The molecular weight excluding hydrogens is 356 g/mol. The van der Waals surface area contributed by atoms with Crippen molar-refractivity contribution in [2.24, 2.45) is 5.73 Å². The first kappa shape index (κ1) is 18.1. The second-order valence-electron chi connectivity index (χ2n) is 6.10. The van der Waals surface area contributed by atoms with Gasteiger partial charge in [-0.05, 0) is 49.7 Å². The maximum absolute atomic E-state index is 13.0. The summed E-state index contributed by atoms with van der Waals surface area (Å²) in [5.41, 5.74) is 6.78. The number of nitrogens with two attached hydrogens (primary N) is 1. The second-order valence-corrected chi connectivity index (χ2v) is 6.53. The van der Waals surface area contributed by atoms with Crippen molar-refractivity contribution >= 4 is 29.1 Å². The summed E-state index contributed by atoms with van der Waals surface area (Å²) in [6.45, 7) is 3.55. The van der Waals surface area contributed by atoms with Gasteiger partial charge in [-0.25, -0.2) is 0 Å². The number of fused-ring (bicyclic) bond motifs is 1. The third-order valence-corrected chi connectivity index (χ3v) is 4.38. The van der Waals surface area contributed by atoms with E-state index in [0.717, 1.165) is 5.56 Å². The molecule has 0 unspecified atom stereocenters. The van der Waals surface area contributed by atoms with Gasteiger partial charge >= 0.3 is 0 Å². The van der Waals surface area contributed by atoms with Gasteiger partial charge in [0.25, 0.3) is 11.8 Å². The van der Waals surface area contributed by atoms with Crippen LogP contribution in [0, 0.1) is 6.92 Å². The number of ether oxygens (including phenoxy) is 2. The van der Waals surface area contributed by atoms with Crippen LogP contribution in [0.2, 0.25) is 5.02 Å². The van der Waals surface area contributed by atoms with Crippen molar-refractivity contribution in [2.45, 2.75) is 26.1 Å². The summed E-state index contributed by atoms with van der Waals surface area (Å²) in [6, 6.07) is 12.2. The fourth-order valence-electron chi connectivity index (χ4n) is 2.80. The van der Waals surface area contributed by atoms with Gasteiger partial charge in [-0.15, -0.1) is 0 Å². The van der Waals surface area contributed by atoms with E-state index in [2.05, 4.69) is 0 Å². The van der Waals surface area contributed by atoms with Crippen molar-refractivity contribution < 1.29 is 19.1 Å². The summed E-state index contributed by atoms with van der Waals surface area (Å²) in [5.74, 6) is 0.0924. The van der Waals surface area contributed by atoms with Crippen LogP contribution in [0.25, 0.3) is 0 Å². The van der Waals surface area contributed by atoms with E-state index in [1.54, 1.807) is 49.4 Å². The number of carbonyl (C=O) groups is 2. The standard InChI is InChI=1S/C19H19ClN2O4/c1-11-9-13(20)7-8-15(11)25-12(2)19(24)22-10-17(18(21)23)26-16-6-4-3-5-14(16)22/h3-9,12,17H,10H2,1-2H3,(H2,21,23)/t12-,17+/m0/s1. The summed E-state index contributed by atoms with van der Waals surface area (Å²) in [4.78, 5) is 26.0.